The van der Waals surface area contributed by atoms with Crippen molar-refractivity contribution in [1.29, 1.82) is 0 Å². The molecule has 1 aromatic carbocycles. The van der Waals surface area contributed by atoms with E-state index in [1.165, 1.54) is 12.1 Å². The summed E-state index contributed by atoms with van der Waals surface area (Å²) in [5, 5.41) is 0. The number of hydrogen-bond donors (Lipinski definition) is 0. The minimum Gasteiger partial charge on any atom is -0.369 e. The number of pyridine rings is 1. The van der Waals surface area contributed by atoms with Crippen LogP contribution in [0.4, 0.5) is 10.1 Å². The first-order valence-electron chi connectivity index (χ1n) is 10.2. The van der Waals surface area contributed by atoms with Gasteiger partial charge in [0.2, 0.25) is 5.91 Å². The molecule has 2 aliphatic rings. The number of amides is 1. The van der Waals surface area contributed by atoms with E-state index in [1.54, 1.807) is 24.2 Å². The Morgan fingerprint density at radius 2 is 1.76 bits per heavy atom. The lowest BCUT2D eigenvalue weighted by Gasteiger charge is -2.44. The smallest absolute Gasteiger partial charge is 0.232 e. The van der Waals surface area contributed by atoms with Crippen molar-refractivity contribution in [3.05, 3.63) is 54.6 Å². The predicted molar refractivity (Wildman–Crippen MR) is 115 cm³/mol. The maximum Gasteiger partial charge on any atom is 0.232 e. The van der Waals surface area contributed by atoms with Gasteiger partial charge in [-0.3, -0.25) is 14.7 Å². The molecule has 0 N–H and O–H groups in total. The molecule has 2 aliphatic heterocycles. The molecule has 1 amide bonds. The Bertz CT molecular complexity index is 796. The Morgan fingerprint density at radius 3 is 2.48 bits per heavy atom. The average molecular weight is 415 g/mol. The van der Waals surface area contributed by atoms with Crippen LogP contribution in [0.15, 0.2) is 53.7 Å². The van der Waals surface area contributed by atoms with E-state index in [1.807, 2.05) is 29.2 Å². The number of piperidine rings is 1. The second-order valence-electron chi connectivity index (χ2n) is 7.61. The van der Waals surface area contributed by atoms with E-state index in [4.69, 9.17) is 0 Å². The Hall–Kier alpha value is -2.12. The molecule has 29 heavy (non-hydrogen) atoms. The molecule has 0 radical (unpaired) electrons. The SMILES string of the molecule is O=C(CSc1ccncc1)N1CCCC(N2CCN(c3ccc(F)cc3)CC2)C1. The quantitative estimate of drug-likeness (QED) is 0.703. The topological polar surface area (TPSA) is 39.7 Å². The molecule has 7 heteroatoms. The first-order chi connectivity index (χ1) is 14.2. The van der Waals surface area contributed by atoms with E-state index in [0.29, 0.717) is 11.8 Å². The zero-order chi connectivity index (χ0) is 20.1. The highest BCUT2D eigenvalue weighted by Gasteiger charge is 2.30. The third-order valence-electron chi connectivity index (χ3n) is 5.78. The number of carbonyl (C=O) groups excluding carboxylic acids is 1. The summed E-state index contributed by atoms with van der Waals surface area (Å²) in [4.78, 5) is 24.7. The van der Waals surface area contributed by atoms with Gasteiger partial charge in [0.1, 0.15) is 5.82 Å². The second kappa shape index (κ2) is 9.59. The molecule has 0 bridgehead atoms. The van der Waals surface area contributed by atoms with Crippen LogP contribution in [0.3, 0.4) is 0 Å². The van der Waals surface area contributed by atoms with E-state index >= 15 is 0 Å². The van der Waals surface area contributed by atoms with Crippen molar-refractivity contribution in [2.75, 3.05) is 49.9 Å². The van der Waals surface area contributed by atoms with Gasteiger partial charge in [-0.25, -0.2) is 4.39 Å². The molecule has 2 fully saturated rings. The fraction of sp³-hybridized carbons (Fsp3) is 0.455. The number of aromatic nitrogens is 1. The second-order valence-corrected chi connectivity index (χ2v) is 8.66. The Morgan fingerprint density at radius 1 is 1.03 bits per heavy atom. The minimum atomic E-state index is -0.193. The van der Waals surface area contributed by atoms with Crippen LogP contribution in [0.1, 0.15) is 12.8 Å². The van der Waals surface area contributed by atoms with Crippen molar-refractivity contribution >= 4 is 23.4 Å². The highest BCUT2D eigenvalue weighted by atomic mass is 32.2. The standard InChI is InChI=1S/C22H27FN4OS/c23-18-3-5-19(6-4-18)25-12-14-26(15-13-25)20-2-1-11-27(16-20)22(28)17-29-21-7-9-24-10-8-21/h3-10,20H,1-2,11-17H2. The Kier molecular flexibility index (Phi) is 6.67. The summed E-state index contributed by atoms with van der Waals surface area (Å²) in [6.07, 6.45) is 5.73. The van der Waals surface area contributed by atoms with Crippen molar-refractivity contribution in [2.24, 2.45) is 0 Å². The molecule has 1 aromatic heterocycles. The summed E-state index contributed by atoms with van der Waals surface area (Å²) >= 11 is 1.58. The molecule has 2 saturated heterocycles. The maximum absolute atomic E-state index is 13.1. The first kappa shape index (κ1) is 20.2. The van der Waals surface area contributed by atoms with E-state index in [2.05, 4.69) is 14.8 Å². The molecule has 3 heterocycles. The van der Waals surface area contributed by atoms with Crippen molar-refractivity contribution in [2.45, 2.75) is 23.8 Å². The highest BCUT2D eigenvalue weighted by molar-refractivity contribution is 8.00. The van der Waals surface area contributed by atoms with Gasteiger partial charge in [0.05, 0.1) is 5.75 Å². The van der Waals surface area contributed by atoms with Crippen molar-refractivity contribution in [1.82, 2.24) is 14.8 Å². The number of anilines is 1. The highest BCUT2D eigenvalue weighted by Crippen LogP contribution is 2.23. The van der Waals surface area contributed by atoms with E-state index in [0.717, 1.165) is 62.7 Å². The van der Waals surface area contributed by atoms with Gasteiger partial charge in [-0.1, -0.05) is 0 Å². The molecule has 2 aromatic rings. The van der Waals surface area contributed by atoms with Gasteiger partial charge in [-0.2, -0.15) is 0 Å². The molecular weight excluding hydrogens is 387 g/mol. The van der Waals surface area contributed by atoms with Crippen LogP contribution in [0.25, 0.3) is 0 Å². The monoisotopic (exact) mass is 414 g/mol. The normalized spacial score (nSPS) is 20.7. The summed E-state index contributed by atoms with van der Waals surface area (Å²) < 4.78 is 13.1. The molecule has 0 aliphatic carbocycles. The van der Waals surface area contributed by atoms with Crippen LogP contribution in [0, 0.1) is 5.82 Å². The number of likely N-dealkylation sites (tertiary alicyclic amines) is 1. The van der Waals surface area contributed by atoms with Crippen LogP contribution < -0.4 is 4.90 Å². The van der Waals surface area contributed by atoms with Crippen LogP contribution in [-0.2, 0) is 4.79 Å². The van der Waals surface area contributed by atoms with Gasteiger partial charge in [0.15, 0.2) is 0 Å². The summed E-state index contributed by atoms with van der Waals surface area (Å²) in [6, 6.07) is 11.1. The number of carbonyl (C=O) groups is 1. The lowest BCUT2D eigenvalue weighted by molar-refractivity contribution is -0.130. The van der Waals surface area contributed by atoms with Gasteiger partial charge in [0.25, 0.3) is 0 Å². The number of hydrogen-bond acceptors (Lipinski definition) is 5. The predicted octanol–water partition coefficient (Wildman–Crippen LogP) is 3.13. The zero-order valence-corrected chi connectivity index (χ0v) is 17.4. The summed E-state index contributed by atoms with van der Waals surface area (Å²) in [5.74, 6) is 0.512. The number of thioether (sulfide) groups is 1. The fourth-order valence-corrected chi connectivity index (χ4v) is 4.93. The molecule has 0 spiro atoms. The van der Waals surface area contributed by atoms with E-state index < -0.39 is 0 Å². The van der Waals surface area contributed by atoms with Crippen LogP contribution in [0.2, 0.25) is 0 Å². The first-order valence-corrected chi connectivity index (χ1v) is 11.2. The van der Waals surface area contributed by atoms with Gasteiger partial charge >= 0.3 is 0 Å². The number of piperazine rings is 1. The van der Waals surface area contributed by atoms with Crippen LogP contribution in [0.5, 0.6) is 0 Å². The summed E-state index contributed by atoms with van der Waals surface area (Å²) in [6.45, 7) is 5.53. The molecule has 5 nitrogen and oxygen atoms in total. The number of benzene rings is 1. The molecule has 4 rings (SSSR count). The van der Waals surface area contributed by atoms with Gasteiger partial charge in [-0.05, 0) is 49.2 Å². The maximum atomic E-state index is 13.1. The number of nitrogens with zero attached hydrogens (tertiary/aromatic N) is 4. The third kappa shape index (κ3) is 5.28. The van der Waals surface area contributed by atoms with Crippen molar-refractivity contribution in [3.63, 3.8) is 0 Å². The molecule has 154 valence electrons. The zero-order valence-electron chi connectivity index (χ0n) is 16.5. The lowest BCUT2D eigenvalue weighted by Crippen LogP contribution is -2.56. The van der Waals surface area contributed by atoms with Crippen molar-refractivity contribution in [3.8, 4) is 0 Å². The van der Waals surface area contributed by atoms with Crippen LogP contribution in [-0.4, -0.2) is 71.8 Å². The van der Waals surface area contributed by atoms with Gasteiger partial charge in [0, 0.05) is 68.3 Å². The molecule has 1 unspecified atom stereocenters. The minimum absolute atomic E-state index is 0.193. The van der Waals surface area contributed by atoms with E-state index in [-0.39, 0.29) is 11.7 Å². The lowest BCUT2D eigenvalue weighted by atomic mass is 10.0. The van der Waals surface area contributed by atoms with Gasteiger partial charge < -0.3 is 9.80 Å². The number of halogens is 1. The molecule has 1 atom stereocenters. The summed E-state index contributed by atoms with van der Waals surface area (Å²) in [5.41, 5.74) is 1.08. The third-order valence-corrected chi connectivity index (χ3v) is 6.78. The van der Waals surface area contributed by atoms with Crippen LogP contribution >= 0.6 is 11.8 Å². The van der Waals surface area contributed by atoms with Gasteiger partial charge in [-0.15, -0.1) is 11.8 Å². The summed E-state index contributed by atoms with van der Waals surface area (Å²) in [7, 11) is 0. The van der Waals surface area contributed by atoms with Crippen molar-refractivity contribution < 1.29 is 9.18 Å². The molecular formula is C22H27FN4OS. The Balaban J connectivity index is 1.26. The largest absolute Gasteiger partial charge is 0.369 e. The van der Waals surface area contributed by atoms with E-state index in [9.17, 15) is 9.18 Å². The average Bonchev–Trinajstić information content (AvgIpc) is 2.79. The molecule has 0 saturated carbocycles. The number of rotatable bonds is 5. The fourth-order valence-electron chi connectivity index (χ4n) is 4.15. The Labute approximate surface area is 175 Å².